The van der Waals surface area contributed by atoms with Crippen LogP contribution in [-0.4, -0.2) is 55.4 Å². The van der Waals surface area contributed by atoms with Crippen molar-refractivity contribution in [3.05, 3.63) is 29.6 Å². The average molecular weight is 349 g/mol. The van der Waals surface area contributed by atoms with Crippen LogP contribution in [0.25, 0.3) is 0 Å². The van der Waals surface area contributed by atoms with Gasteiger partial charge in [-0.05, 0) is 44.5 Å². The molecule has 1 amide bonds. The summed E-state index contributed by atoms with van der Waals surface area (Å²) < 4.78 is 18.7. The Hall–Kier alpha value is -2.15. The molecule has 25 heavy (non-hydrogen) atoms. The molecule has 136 valence electrons. The SMILES string of the molecule is COc1ccc(C2=NOC(CNC(=O)CN3CCCC3C)C2)cc1F. The van der Waals surface area contributed by atoms with Crippen LogP contribution in [0.15, 0.2) is 23.4 Å². The molecule has 0 aliphatic carbocycles. The molecule has 2 heterocycles. The first-order chi connectivity index (χ1) is 12.1. The fraction of sp³-hybridized carbons (Fsp3) is 0.556. The third kappa shape index (κ3) is 4.28. The molecule has 0 saturated carbocycles. The van der Waals surface area contributed by atoms with Crippen molar-refractivity contribution < 1.29 is 18.8 Å². The number of likely N-dealkylation sites (tertiary alicyclic amines) is 1. The summed E-state index contributed by atoms with van der Waals surface area (Å²) in [7, 11) is 1.43. The molecule has 2 aliphatic rings. The second-order valence-electron chi connectivity index (χ2n) is 6.58. The number of hydrogen-bond donors (Lipinski definition) is 1. The summed E-state index contributed by atoms with van der Waals surface area (Å²) in [4.78, 5) is 19.6. The van der Waals surface area contributed by atoms with Crippen molar-refractivity contribution in [3.8, 4) is 5.75 Å². The highest BCUT2D eigenvalue weighted by atomic mass is 19.1. The Labute approximate surface area is 147 Å². The van der Waals surface area contributed by atoms with Crippen molar-refractivity contribution in [2.75, 3.05) is 26.7 Å². The quantitative estimate of drug-likeness (QED) is 0.852. The number of hydrogen-bond acceptors (Lipinski definition) is 5. The smallest absolute Gasteiger partial charge is 0.234 e. The first-order valence-electron chi connectivity index (χ1n) is 8.64. The second-order valence-corrected chi connectivity index (χ2v) is 6.58. The van der Waals surface area contributed by atoms with Crippen molar-refractivity contribution in [1.29, 1.82) is 0 Å². The molecule has 6 nitrogen and oxygen atoms in total. The standard InChI is InChI=1S/C18H24FN3O3/c1-12-4-3-7-22(12)11-18(23)20-10-14-9-16(21-25-14)13-5-6-17(24-2)15(19)8-13/h5-6,8,12,14H,3-4,7,9-11H2,1-2H3,(H,20,23). The van der Waals surface area contributed by atoms with Crippen LogP contribution in [0.4, 0.5) is 4.39 Å². The van der Waals surface area contributed by atoms with Crippen molar-refractivity contribution >= 4 is 11.6 Å². The second kappa shape index (κ2) is 7.82. The van der Waals surface area contributed by atoms with Crippen LogP contribution in [0.3, 0.4) is 0 Å². The molecule has 0 bridgehead atoms. The van der Waals surface area contributed by atoms with Crippen LogP contribution < -0.4 is 10.1 Å². The van der Waals surface area contributed by atoms with Crippen LogP contribution >= 0.6 is 0 Å². The molecule has 2 unspecified atom stereocenters. The zero-order chi connectivity index (χ0) is 17.8. The summed E-state index contributed by atoms with van der Waals surface area (Å²) in [5.74, 6) is -0.233. The molecular formula is C18H24FN3O3. The maximum atomic E-state index is 13.8. The first kappa shape index (κ1) is 17.7. The number of carbonyl (C=O) groups is 1. The fourth-order valence-corrected chi connectivity index (χ4v) is 3.25. The number of rotatable bonds is 6. The summed E-state index contributed by atoms with van der Waals surface area (Å²) in [5.41, 5.74) is 1.34. The number of ether oxygens (including phenoxy) is 1. The number of benzene rings is 1. The predicted molar refractivity (Wildman–Crippen MR) is 92.3 cm³/mol. The highest BCUT2D eigenvalue weighted by molar-refractivity contribution is 6.01. The Morgan fingerprint density at radius 2 is 2.36 bits per heavy atom. The number of nitrogens with one attached hydrogen (secondary N) is 1. The van der Waals surface area contributed by atoms with E-state index in [-0.39, 0.29) is 17.8 Å². The van der Waals surface area contributed by atoms with Crippen LogP contribution in [0.1, 0.15) is 31.7 Å². The van der Waals surface area contributed by atoms with Crippen molar-refractivity contribution in [3.63, 3.8) is 0 Å². The molecule has 0 radical (unpaired) electrons. The Kier molecular flexibility index (Phi) is 5.53. The first-order valence-corrected chi connectivity index (χ1v) is 8.64. The summed E-state index contributed by atoms with van der Waals surface area (Å²) in [6.45, 7) is 3.94. The van der Waals surface area contributed by atoms with E-state index in [0.717, 1.165) is 19.4 Å². The van der Waals surface area contributed by atoms with E-state index in [1.54, 1.807) is 12.1 Å². The van der Waals surface area contributed by atoms with Crippen molar-refractivity contribution in [1.82, 2.24) is 10.2 Å². The van der Waals surface area contributed by atoms with Gasteiger partial charge in [0.15, 0.2) is 11.6 Å². The van der Waals surface area contributed by atoms with Gasteiger partial charge in [-0.15, -0.1) is 0 Å². The molecule has 2 atom stereocenters. The van der Waals surface area contributed by atoms with Crippen LogP contribution in [0.5, 0.6) is 5.75 Å². The lowest BCUT2D eigenvalue weighted by atomic mass is 10.0. The van der Waals surface area contributed by atoms with Crippen LogP contribution in [-0.2, 0) is 9.63 Å². The molecule has 1 aromatic carbocycles. The Balaban J connectivity index is 1.46. The lowest BCUT2D eigenvalue weighted by Crippen LogP contribution is -2.41. The van der Waals surface area contributed by atoms with E-state index in [4.69, 9.17) is 9.57 Å². The molecule has 3 rings (SSSR count). The van der Waals surface area contributed by atoms with Gasteiger partial charge in [0.2, 0.25) is 5.91 Å². The fourth-order valence-electron chi connectivity index (χ4n) is 3.25. The molecule has 1 aromatic rings. The van der Waals surface area contributed by atoms with E-state index in [1.165, 1.54) is 13.2 Å². The number of oxime groups is 1. The number of methoxy groups -OCH3 is 1. The van der Waals surface area contributed by atoms with Gasteiger partial charge in [-0.1, -0.05) is 5.16 Å². The molecule has 0 spiro atoms. The Morgan fingerprint density at radius 1 is 1.52 bits per heavy atom. The zero-order valence-electron chi connectivity index (χ0n) is 14.6. The summed E-state index contributed by atoms with van der Waals surface area (Å²) in [6.07, 6.45) is 2.61. The van der Waals surface area contributed by atoms with Gasteiger partial charge in [0, 0.05) is 18.0 Å². The van der Waals surface area contributed by atoms with Crippen LogP contribution in [0, 0.1) is 5.82 Å². The highest BCUT2D eigenvalue weighted by Crippen LogP contribution is 2.22. The number of nitrogens with zero attached hydrogens (tertiary/aromatic N) is 2. The molecule has 1 fully saturated rings. The van der Waals surface area contributed by atoms with Crippen LogP contribution in [0.2, 0.25) is 0 Å². The maximum absolute atomic E-state index is 13.8. The zero-order valence-corrected chi connectivity index (χ0v) is 14.6. The lowest BCUT2D eigenvalue weighted by molar-refractivity contribution is -0.123. The summed E-state index contributed by atoms with van der Waals surface area (Å²) >= 11 is 0. The topological polar surface area (TPSA) is 63.2 Å². The molecule has 2 aliphatic heterocycles. The van der Waals surface area contributed by atoms with E-state index >= 15 is 0 Å². The van der Waals surface area contributed by atoms with Gasteiger partial charge in [-0.3, -0.25) is 9.69 Å². The van der Waals surface area contributed by atoms with Gasteiger partial charge in [-0.25, -0.2) is 4.39 Å². The van der Waals surface area contributed by atoms with E-state index < -0.39 is 5.82 Å². The largest absolute Gasteiger partial charge is 0.494 e. The molecule has 7 heteroatoms. The molecule has 1 saturated heterocycles. The average Bonchev–Trinajstić information content (AvgIpc) is 3.22. The van der Waals surface area contributed by atoms with E-state index in [1.807, 2.05) is 0 Å². The molecule has 0 aromatic heterocycles. The third-order valence-corrected chi connectivity index (χ3v) is 4.78. The highest BCUT2D eigenvalue weighted by Gasteiger charge is 2.25. The normalized spacial score (nSPS) is 23.2. The van der Waals surface area contributed by atoms with E-state index in [9.17, 15) is 9.18 Å². The van der Waals surface area contributed by atoms with Gasteiger partial charge in [0.1, 0.15) is 6.10 Å². The molecular weight excluding hydrogens is 325 g/mol. The monoisotopic (exact) mass is 349 g/mol. The van der Waals surface area contributed by atoms with E-state index in [2.05, 4.69) is 22.3 Å². The summed E-state index contributed by atoms with van der Waals surface area (Å²) in [6, 6.07) is 5.17. The minimum atomic E-state index is -0.431. The number of carbonyl (C=O) groups excluding carboxylic acids is 1. The Bertz CT molecular complexity index is 665. The van der Waals surface area contributed by atoms with Gasteiger partial charge < -0.3 is 14.9 Å². The predicted octanol–water partition coefficient (Wildman–Crippen LogP) is 1.93. The van der Waals surface area contributed by atoms with Gasteiger partial charge in [0.05, 0.1) is 25.9 Å². The lowest BCUT2D eigenvalue weighted by Gasteiger charge is -2.20. The summed E-state index contributed by atoms with van der Waals surface area (Å²) in [5, 5.41) is 6.93. The minimum Gasteiger partial charge on any atom is -0.494 e. The number of halogens is 1. The van der Waals surface area contributed by atoms with Gasteiger partial charge >= 0.3 is 0 Å². The van der Waals surface area contributed by atoms with Gasteiger partial charge in [-0.2, -0.15) is 0 Å². The number of amides is 1. The maximum Gasteiger partial charge on any atom is 0.234 e. The Morgan fingerprint density at radius 3 is 3.04 bits per heavy atom. The van der Waals surface area contributed by atoms with Gasteiger partial charge in [0.25, 0.3) is 0 Å². The van der Waals surface area contributed by atoms with Crippen molar-refractivity contribution in [2.24, 2.45) is 5.16 Å². The third-order valence-electron chi connectivity index (χ3n) is 4.78. The molecule has 1 N–H and O–H groups in total. The van der Waals surface area contributed by atoms with E-state index in [0.29, 0.717) is 36.8 Å². The van der Waals surface area contributed by atoms with Crippen molar-refractivity contribution in [2.45, 2.75) is 38.3 Å². The minimum absolute atomic E-state index is 0.00120.